The smallest absolute Gasteiger partial charge is 0.338 e. The van der Waals surface area contributed by atoms with Crippen molar-refractivity contribution >= 4 is 18.0 Å². The predicted octanol–water partition coefficient (Wildman–Crippen LogP) is 3.13. The molecule has 0 unspecified atom stereocenters. The standard InChI is InChI=1S/C21H22O7/c1-24-17-13-15(14-18(25-2)20(17)26-3)9-10-19(22)27-11-12-28-21(23)16-7-5-4-6-8-16/h4-10,13-14H,11-12H2,1-3H3/b10-9+. The molecule has 148 valence electrons. The maximum atomic E-state index is 11.8. The molecule has 0 aliphatic rings. The Morgan fingerprint density at radius 1 is 0.857 bits per heavy atom. The molecule has 0 heterocycles. The highest BCUT2D eigenvalue weighted by Crippen LogP contribution is 2.38. The molecule has 0 atom stereocenters. The molecular weight excluding hydrogens is 364 g/mol. The summed E-state index contributed by atoms with van der Waals surface area (Å²) in [6.07, 6.45) is 2.82. The van der Waals surface area contributed by atoms with Gasteiger partial charge in [0.15, 0.2) is 11.5 Å². The summed E-state index contributed by atoms with van der Waals surface area (Å²) in [4.78, 5) is 23.6. The zero-order valence-electron chi connectivity index (χ0n) is 16.0. The second kappa shape index (κ2) is 10.6. The van der Waals surface area contributed by atoms with Crippen molar-refractivity contribution in [2.24, 2.45) is 0 Å². The monoisotopic (exact) mass is 386 g/mol. The zero-order chi connectivity index (χ0) is 20.4. The van der Waals surface area contributed by atoms with Gasteiger partial charge in [-0.05, 0) is 35.9 Å². The van der Waals surface area contributed by atoms with Crippen molar-refractivity contribution in [3.8, 4) is 17.2 Å². The summed E-state index contributed by atoms with van der Waals surface area (Å²) in [7, 11) is 4.53. The van der Waals surface area contributed by atoms with Crippen LogP contribution in [0.1, 0.15) is 15.9 Å². The number of benzene rings is 2. The topological polar surface area (TPSA) is 80.3 Å². The molecule has 0 amide bonds. The lowest BCUT2D eigenvalue weighted by Gasteiger charge is -2.12. The van der Waals surface area contributed by atoms with Crippen molar-refractivity contribution in [2.75, 3.05) is 34.5 Å². The van der Waals surface area contributed by atoms with Crippen LogP contribution in [0, 0.1) is 0 Å². The van der Waals surface area contributed by atoms with Crippen LogP contribution >= 0.6 is 0 Å². The first-order valence-corrected chi connectivity index (χ1v) is 8.46. The minimum Gasteiger partial charge on any atom is -0.493 e. The van der Waals surface area contributed by atoms with Crippen LogP contribution in [0.2, 0.25) is 0 Å². The minimum atomic E-state index is -0.565. The third-order valence-corrected chi connectivity index (χ3v) is 3.67. The lowest BCUT2D eigenvalue weighted by Crippen LogP contribution is -2.12. The van der Waals surface area contributed by atoms with Gasteiger partial charge in [-0.3, -0.25) is 0 Å². The van der Waals surface area contributed by atoms with Gasteiger partial charge in [0.2, 0.25) is 5.75 Å². The Bertz CT molecular complexity index is 803. The van der Waals surface area contributed by atoms with E-state index < -0.39 is 11.9 Å². The fraction of sp³-hybridized carbons (Fsp3) is 0.238. The summed E-state index contributed by atoms with van der Waals surface area (Å²) in [5, 5.41) is 0. The second-order valence-electron chi connectivity index (χ2n) is 5.46. The van der Waals surface area contributed by atoms with Crippen LogP contribution in [0.4, 0.5) is 0 Å². The number of esters is 2. The first kappa shape index (κ1) is 20.8. The molecule has 0 N–H and O–H groups in total. The highest BCUT2D eigenvalue weighted by molar-refractivity contribution is 5.89. The average molecular weight is 386 g/mol. The lowest BCUT2D eigenvalue weighted by molar-refractivity contribution is -0.138. The first-order valence-electron chi connectivity index (χ1n) is 8.46. The van der Waals surface area contributed by atoms with Crippen molar-refractivity contribution < 1.29 is 33.3 Å². The van der Waals surface area contributed by atoms with Gasteiger partial charge in [0.05, 0.1) is 26.9 Å². The molecule has 2 aromatic rings. The number of ether oxygens (including phenoxy) is 5. The Kier molecular flexibility index (Phi) is 7.90. The SMILES string of the molecule is COc1cc(/C=C/C(=O)OCCOC(=O)c2ccccc2)cc(OC)c1OC. The molecule has 0 aliphatic heterocycles. The van der Waals surface area contributed by atoms with Crippen molar-refractivity contribution in [3.05, 3.63) is 59.7 Å². The molecule has 0 saturated carbocycles. The third-order valence-electron chi connectivity index (χ3n) is 3.67. The number of hydrogen-bond acceptors (Lipinski definition) is 7. The van der Waals surface area contributed by atoms with Crippen molar-refractivity contribution in [3.63, 3.8) is 0 Å². The number of carbonyl (C=O) groups is 2. The number of carbonyl (C=O) groups excluding carboxylic acids is 2. The summed E-state index contributed by atoms with van der Waals surface area (Å²) < 4.78 is 25.8. The van der Waals surface area contributed by atoms with Crippen LogP contribution in [-0.2, 0) is 14.3 Å². The van der Waals surface area contributed by atoms with Crippen LogP contribution in [0.3, 0.4) is 0 Å². The third kappa shape index (κ3) is 5.77. The summed E-state index contributed by atoms with van der Waals surface area (Å²) in [5.41, 5.74) is 1.11. The van der Waals surface area contributed by atoms with Gasteiger partial charge in [0, 0.05) is 6.08 Å². The maximum absolute atomic E-state index is 11.8. The number of hydrogen-bond donors (Lipinski definition) is 0. The van der Waals surface area contributed by atoms with Crippen LogP contribution < -0.4 is 14.2 Å². The second-order valence-corrected chi connectivity index (χ2v) is 5.46. The minimum absolute atomic E-state index is 0.0303. The molecule has 0 fully saturated rings. The summed E-state index contributed by atoms with van der Waals surface area (Å²) in [6, 6.07) is 12.0. The van der Waals surface area contributed by atoms with E-state index >= 15 is 0 Å². The van der Waals surface area contributed by atoms with Crippen LogP contribution in [0.5, 0.6) is 17.2 Å². The molecule has 2 aromatic carbocycles. The van der Waals surface area contributed by atoms with Gasteiger partial charge in [-0.15, -0.1) is 0 Å². The van der Waals surface area contributed by atoms with Gasteiger partial charge < -0.3 is 23.7 Å². The molecule has 28 heavy (non-hydrogen) atoms. The highest BCUT2D eigenvalue weighted by Gasteiger charge is 2.12. The maximum Gasteiger partial charge on any atom is 0.338 e. The molecule has 0 aromatic heterocycles. The van der Waals surface area contributed by atoms with Gasteiger partial charge in [-0.25, -0.2) is 9.59 Å². The van der Waals surface area contributed by atoms with Crippen LogP contribution in [0.15, 0.2) is 48.5 Å². The summed E-state index contributed by atoms with van der Waals surface area (Å²) in [5.74, 6) is 0.379. The molecule has 0 aliphatic carbocycles. The summed E-state index contributed by atoms with van der Waals surface area (Å²) >= 11 is 0. The molecule has 0 saturated heterocycles. The van der Waals surface area contributed by atoms with E-state index in [9.17, 15) is 9.59 Å². The van der Waals surface area contributed by atoms with Gasteiger partial charge in [0.25, 0.3) is 0 Å². The molecule has 0 spiro atoms. The van der Waals surface area contributed by atoms with Crippen molar-refractivity contribution in [2.45, 2.75) is 0 Å². The van der Waals surface area contributed by atoms with Gasteiger partial charge >= 0.3 is 11.9 Å². The Morgan fingerprint density at radius 2 is 1.46 bits per heavy atom. The largest absolute Gasteiger partial charge is 0.493 e. The average Bonchev–Trinajstić information content (AvgIpc) is 2.74. The number of methoxy groups -OCH3 is 3. The van der Waals surface area contributed by atoms with Crippen LogP contribution in [-0.4, -0.2) is 46.5 Å². The Balaban J connectivity index is 1.86. The van der Waals surface area contributed by atoms with Gasteiger partial charge in [-0.1, -0.05) is 18.2 Å². The molecule has 0 bridgehead atoms. The van der Waals surface area contributed by atoms with E-state index in [1.807, 2.05) is 0 Å². The Morgan fingerprint density at radius 3 is 2.04 bits per heavy atom. The van der Waals surface area contributed by atoms with E-state index in [0.29, 0.717) is 28.4 Å². The molecular formula is C21H22O7. The predicted molar refractivity (Wildman–Crippen MR) is 103 cm³/mol. The van der Waals surface area contributed by atoms with E-state index in [-0.39, 0.29) is 13.2 Å². The van der Waals surface area contributed by atoms with E-state index in [0.717, 1.165) is 0 Å². The molecule has 7 nitrogen and oxygen atoms in total. The Labute approximate surface area is 163 Å². The number of rotatable bonds is 9. The lowest BCUT2D eigenvalue weighted by atomic mass is 10.1. The fourth-order valence-electron chi connectivity index (χ4n) is 2.34. The van der Waals surface area contributed by atoms with E-state index in [4.69, 9.17) is 23.7 Å². The molecule has 0 radical (unpaired) electrons. The quantitative estimate of drug-likeness (QED) is 0.372. The van der Waals surface area contributed by atoms with Gasteiger partial charge in [-0.2, -0.15) is 0 Å². The summed E-state index contributed by atoms with van der Waals surface area (Å²) in [6.45, 7) is -0.0749. The van der Waals surface area contributed by atoms with Crippen molar-refractivity contribution in [1.82, 2.24) is 0 Å². The molecule has 2 rings (SSSR count). The molecule has 7 heteroatoms. The Hall–Kier alpha value is -3.48. The van der Waals surface area contributed by atoms with Crippen LogP contribution in [0.25, 0.3) is 6.08 Å². The van der Waals surface area contributed by atoms with Crippen molar-refractivity contribution in [1.29, 1.82) is 0 Å². The van der Waals surface area contributed by atoms with E-state index in [2.05, 4.69) is 0 Å². The van der Waals surface area contributed by atoms with E-state index in [1.165, 1.54) is 27.4 Å². The van der Waals surface area contributed by atoms with E-state index in [1.54, 1.807) is 48.5 Å². The zero-order valence-corrected chi connectivity index (χ0v) is 16.0. The van der Waals surface area contributed by atoms with Gasteiger partial charge in [0.1, 0.15) is 13.2 Å². The fourth-order valence-corrected chi connectivity index (χ4v) is 2.34. The highest BCUT2D eigenvalue weighted by atomic mass is 16.6. The first-order chi connectivity index (χ1) is 13.6. The normalized spacial score (nSPS) is 10.4.